The quantitative estimate of drug-likeness (QED) is 0.834. The highest BCUT2D eigenvalue weighted by molar-refractivity contribution is 7.16. The molecule has 114 valence electrons. The standard InChI is InChI=1S/C18H20N2OS/c1-10-3-6-12(7-4-10)16-19-17(21)15-13-8-5-11(2)9-14(13)22-18(15)20-16/h3-4,6-7,11,16,20H,5,8-9H2,1-2H3,(H,19,21)/t11-,16-/m1/s1. The van der Waals surface area contributed by atoms with Crippen molar-refractivity contribution in [2.24, 2.45) is 5.92 Å². The third-order valence-electron chi connectivity index (χ3n) is 4.70. The summed E-state index contributed by atoms with van der Waals surface area (Å²) in [6.07, 6.45) is 3.20. The maximum absolute atomic E-state index is 12.6. The zero-order valence-electron chi connectivity index (χ0n) is 12.9. The number of fused-ring (bicyclic) bond motifs is 3. The van der Waals surface area contributed by atoms with Crippen LogP contribution in [0.3, 0.4) is 0 Å². The predicted molar refractivity (Wildman–Crippen MR) is 90.5 cm³/mol. The molecule has 4 rings (SSSR count). The number of carbonyl (C=O) groups excluding carboxylic acids is 1. The van der Waals surface area contributed by atoms with Gasteiger partial charge in [0.25, 0.3) is 5.91 Å². The van der Waals surface area contributed by atoms with Gasteiger partial charge < -0.3 is 10.6 Å². The van der Waals surface area contributed by atoms with Crippen LogP contribution < -0.4 is 10.6 Å². The Morgan fingerprint density at radius 2 is 1.95 bits per heavy atom. The Bertz CT molecular complexity index is 732. The highest BCUT2D eigenvalue weighted by atomic mass is 32.1. The minimum Gasteiger partial charge on any atom is -0.353 e. The lowest BCUT2D eigenvalue weighted by Gasteiger charge is -2.27. The topological polar surface area (TPSA) is 41.1 Å². The van der Waals surface area contributed by atoms with E-state index in [4.69, 9.17) is 0 Å². The number of hydrogen-bond acceptors (Lipinski definition) is 3. The fourth-order valence-electron chi connectivity index (χ4n) is 3.39. The summed E-state index contributed by atoms with van der Waals surface area (Å²) in [7, 11) is 0. The summed E-state index contributed by atoms with van der Waals surface area (Å²) in [4.78, 5) is 14.0. The summed E-state index contributed by atoms with van der Waals surface area (Å²) < 4.78 is 0. The van der Waals surface area contributed by atoms with Crippen LogP contribution in [-0.2, 0) is 12.8 Å². The highest BCUT2D eigenvalue weighted by Crippen LogP contribution is 2.42. The van der Waals surface area contributed by atoms with Crippen LogP contribution in [0.25, 0.3) is 0 Å². The van der Waals surface area contributed by atoms with Gasteiger partial charge in [0.05, 0.1) is 5.56 Å². The third kappa shape index (κ3) is 2.22. The van der Waals surface area contributed by atoms with Crippen LogP contribution in [0.2, 0.25) is 0 Å². The Kier molecular flexibility index (Phi) is 3.22. The number of hydrogen-bond donors (Lipinski definition) is 2. The average Bonchev–Trinajstić information content (AvgIpc) is 2.85. The first kappa shape index (κ1) is 13.8. The van der Waals surface area contributed by atoms with Gasteiger partial charge in [-0.05, 0) is 43.2 Å². The molecule has 0 saturated heterocycles. The molecular formula is C18H20N2OS. The maximum Gasteiger partial charge on any atom is 0.256 e. The van der Waals surface area contributed by atoms with Crippen LogP contribution in [0.15, 0.2) is 24.3 Å². The molecule has 2 aromatic rings. The lowest BCUT2D eigenvalue weighted by Crippen LogP contribution is -2.38. The van der Waals surface area contributed by atoms with Gasteiger partial charge in [0.1, 0.15) is 11.2 Å². The molecule has 1 aromatic heterocycles. The second-order valence-corrected chi connectivity index (χ2v) is 7.62. The molecule has 2 atom stereocenters. The first-order valence-corrected chi connectivity index (χ1v) is 8.72. The molecule has 22 heavy (non-hydrogen) atoms. The molecule has 3 nitrogen and oxygen atoms in total. The number of carbonyl (C=O) groups is 1. The van der Waals surface area contributed by atoms with Crippen LogP contribution in [-0.4, -0.2) is 5.91 Å². The minimum atomic E-state index is -0.127. The van der Waals surface area contributed by atoms with Gasteiger partial charge >= 0.3 is 0 Å². The molecule has 0 spiro atoms. The van der Waals surface area contributed by atoms with Gasteiger partial charge in [-0.25, -0.2) is 0 Å². The Balaban J connectivity index is 1.69. The Morgan fingerprint density at radius 3 is 2.73 bits per heavy atom. The normalized spacial score (nSPS) is 23.3. The first-order valence-electron chi connectivity index (χ1n) is 7.90. The summed E-state index contributed by atoms with van der Waals surface area (Å²) in [5.41, 5.74) is 4.51. The van der Waals surface area contributed by atoms with Gasteiger partial charge in [-0.2, -0.15) is 0 Å². The van der Waals surface area contributed by atoms with Crippen molar-refractivity contribution in [1.82, 2.24) is 5.32 Å². The second kappa shape index (κ2) is 5.13. The van der Waals surface area contributed by atoms with E-state index in [1.807, 2.05) is 0 Å². The van der Waals surface area contributed by atoms with Gasteiger partial charge in [-0.1, -0.05) is 36.8 Å². The Hall–Kier alpha value is -1.81. The van der Waals surface area contributed by atoms with E-state index in [2.05, 4.69) is 48.7 Å². The van der Waals surface area contributed by atoms with Crippen LogP contribution >= 0.6 is 11.3 Å². The summed E-state index contributed by atoms with van der Waals surface area (Å²) in [6, 6.07) is 8.32. The van der Waals surface area contributed by atoms with Crippen molar-refractivity contribution in [2.75, 3.05) is 5.32 Å². The van der Waals surface area contributed by atoms with E-state index in [9.17, 15) is 4.79 Å². The number of aryl methyl sites for hydroxylation is 1. The summed E-state index contributed by atoms with van der Waals surface area (Å²) in [5.74, 6) is 0.801. The Morgan fingerprint density at radius 1 is 1.18 bits per heavy atom. The van der Waals surface area contributed by atoms with Gasteiger partial charge in [0, 0.05) is 4.88 Å². The number of amides is 1. The molecule has 0 bridgehead atoms. The molecule has 0 saturated carbocycles. The van der Waals surface area contributed by atoms with Gasteiger partial charge in [0.15, 0.2) is 0 Å². The first-order chi connectivity index (χ1) is 10.6. The molecule has 1 aliphatic carbocycles. The monoisotopic (exact) mass is 312 g/mol. The smallest absolute Gasteiger partial charge is 0.256 e. The third-order valence-corrected chi connectivity index (χ3v) is 5.89. The fraction of sp³-hybridized carbons (Fsp3) is 0.389. The van der Waals surface area contributed by atoms with Crippen molar-refractivity contribution in [1.29, 1.82) is 0 Å². The summed E-state index contributed by atoms with van der Waals surface area (Å²) >= 11 is 1.77. The van der Waals surface area contributed by atoms with Crippen LogP contribution in [0.4, 0.5) is 5.00 Å². The maximum atomic E-state index is 12.6. The minimum absolute atomic E-state index is 0.0754. The van der Waals surface area contributed by atoms with Gasteiger partial charge in [-0.15, -0.1) is 11.3 Å². The molecule has 0 radical (unpaired) electrons. The molecule has 2 aliphatic rings. The van der Waals surface area contributed by atoms with Crippen molar-refractivity contribution in [2.45, 2.75) is 39.3 Å². The molecule has 1 aliphatic heterocycles. The van der Waals surface area contributed by atoms with Gasteiger partial charge in [-0.3, -0.25) is 4.79 Å². The molecular weight excluding hydrogens is 292 g/mol. The Labute approximate surface area is 134 Å². The SMILES string of the molecule is Cc1ccc([C@@H]2NC(=O)c3c(sc4c3CC[C@@H](C)C4)N2)cc1. The van der Waals surface area contributed by atoms with E-state index in [1.165, 1.54) is 22.4 Å². The van der Waals surface area contributed by atoms with E-state index in [-0.39, 0.29) is 12.1 Å². The zero-order chi connectivity index (χ0) is 15.3. The lowest BCUT2D eigenvalue weighted by atomic mass is 9.88. The van der Waals surface area contributed by atoms with E-state index in [1.54, 1.807) is 11.3 Å². The molecule has 1 aromatic carbocycles. The van der Waals surface area contributed by atoms with E-state index < -0.39 is 0 Å². The van der Waals surface area contributed by atoms with Crippen molar-refractivity contribution < 1.29 is 4.79 Å². The van der Waals surface area contributed by atoms with Crippen LogP contribution in [0.5, 0.6) is 0 Å². The predicted octanol–water partition coefficient (Wildman–Crippen LogP) is 4.04. The molecule has 1 amide bonds. The molecule has 2 heterocycles. The molecule has 4 heteroatoms. The fourth-order valence-corrected chi connectivity index (χ4v) is 4.82. The number of thiophene rings is 1. The molecule has 0 unspecified atom stereocenters. The average molecular weight is 312 g/mol. The second-order valence-electron chi connectivity index (χ2n) is 6.52. The van der Waals surface area contributed by atoms with E-state index in [0.717, 1.165) is 34.9 Å². The van der Waals surface area contributed by atoms with Crippen LogP contribution in [0, 0.1) is 12.8 Å². The van der Waals surface area contributed by atoms with Crippen molar-refractivity contribution in [3.63, 3.8) is 0 Å². The van der Waals surface area contributed by atoms with Crippen LogP contribution in [0.1, 0.15) is 51.4 Å². The number of benzene rings is 1. The molecule has 2 N–H and O–H groups in total. The van der Waals surface area contributed by atoms with Crippen molar-refractivity contribution in [3.05, 3.63) is 51.4 Å². The molecule has 0 fully saturated rings. The van der Waals surface area contributed by atoms with Gasteiger partial charge in [0.2, 0.25) is 0 Å². The van der Waals surface area contributed by atoms with Crippen molar-refractivity contribution >= 4 is 22.2 Å². The lowest BCUT2D eigenvalue weighted by molar-refractivity contribution is 0.0935. The van der Waals surface area contributed by atoms with E-state index >= 15 is 0 Å². The largest absolute Gasteiger partial charge is 0.353 e. The summed E-state index contributed by atoms with van der Waals surface area (Å²) in [6.45, 7) is 4.37. The number of nitrogens with one attached hydrogen (secondary N) is 2. The zero-order valence-corrected chi connectivity index (χ0v) is 13.7. The van der Waals surface area contributed by atoms with Crippen molar-refractivity contribution in [3.8, 4) is 0 Å². The summed E-state index contributed by atoms with van der Waals surface area (Å²) in [5, 5.41) is 7.68. The highest BCUT2D eigenvalue weighted by Gasteiger charge is 2.32. The number of anilines is 1. The van der Waals surface area contributed by atoms with E-state index in [0.29, 0.717) is 0 Å². The number of rotatable bonds is 1.